The van der Waals surface area contributed by atoms with E-state index in [0.717, 1.165) is 0 Å². The lowest BCUT2D eigenvalue weighted by Gasteiger charge is -2.45. The number of fused-ring (bicyclic) bond motifs is 7. The summed E-state index contributed by atoms with van der Waals surface area (Å²) in [6.45, 7) is 21.0. The molecule has 0 saturated heterocycles. The van der Waals surface area contributed by atoms with Crippen LogP contribution < -0.4 is 26.2 Å². The number of nitrogens with zero attached hydrogens (tertiary/aromatic N) is 2. The topological polar surface area (TPSA) is 6.48 Å². The molecule has 0 N–H and O–H groups in total. The van der Waals surface area contributed by atoms with Gasteiger partial charge in [0.05, 0.1) is 0 Å². The van der Waals surface area contributed by atoms with Crippen LogP contribution >= 0.6 is 0 Å². The lowest BCUT2D eigenvalue weighted by molar-refractivity contribution is 0.590. The third-order valence-electron chi connectivity index (χ3n) is 11.7. The fourth-order valence-electron chi connectivity index (χ4n) is 8.87. The number of anilines is 6. The number of hydrogen-bond donors (Lipinski definition) is 0. The highest BCUT2D eigenvalue weighted by Crippen LogP contribution is 2.47. The van der Waals surface area contributed by atoms with E-state index in [1.54, 1.807) is 0 Å². The molecule has 0 bridgehead atoms. The van der Waals surface area contributed by atoms with Crippen molar-refractivity contribution >= 4 is 78.8 Å². The first-order chi connectivity index (χ1) is 25.2. The minimum Gasteiger partial charge on any atom is -0.311 e. The number of rotatable bonds is 2. The van der Waals surface area contributed by atoms with E-state index < -0.39 is 0 Å². The highest BCUT2D eigenvalue weighted by atomic mass is 15.2. The first-order valence-corrected chi connectivity index (χ1v) is 19.2. The minimum absolute atomic E-state index is 0.000793. The van der Waals surface area contributed by atoms with Crippen LogP contribution in [-0.4, -0.2) is 6.71 Å². The average molecular weight is 689 g/mol. The summed E-state index contributed by atoms with van der Waals surface area (Å²) in [6.07, 6.45) is 0. The molecule has 7 aromatic rings. The van der Waals surface area contributed by atoms with Crippen molar-refractivity contribution < 1.29 is 0 Å². The molecule has 0 spiro atoms. The molecule has 2 nitrogen and oxygen atoms in total. The summed E-state index contributed by atoms with van der Waals surface area (Å²) in [7, 11) is 0. The molecule has 53 heavy (non-hydrogen) atoms. The molecule has 0 aliphatic carbocycles. The third-order valence-corrected chi connectivity index (χ3v) is 11.7. The highest BCUT2D eigenvalue weighted by Gasteiger charge is 2.45. The van der Waals surface area contributed by atoms with Crippen molar-refractivity contribution in [1.29, 1.82) is 0 Å². The molecule has 0 atom stereocenters. The van der Waals surface area contributed by atoms with Crippen molar-refractivity contribution in [2.45, 2.75) is 78.6 Å². The lowest BCUT2D eigenvalue weighted by Crippen LogP contribution is -2.61. The van der Waals surface area contributed by atoms with Gasteiger partial charge in [-0.1, -0.05) is 147 Å². The van der Waals surface area contributed by atoms with Gasteiger partial charge >= 0.3 is 0 Å². The van der Waals surface area contributed by atoms with Crippen LogP contribution in [0.25, 0.3) is 21.5 Å². The minimum atomic E-state index is -0.0499. The van der Waals surface area contributed by atoms with Gasteiger partial charge in [-0.3, -0.25) is 0 Å². The van der Waals surface area contributed by atoms with Crippen LogP contribution in [0.4, 0.5) is 34.1 Å². The standard InChI is InChI=1S/C50H49BN2/c1-48(2,3)34-22-26-36(27-23-34)52-42-28-24-35(49(4,5)6)30-41(42)51-46-39-18-13-12-17-38(39)40(50(7,8)9)31-45(46)53(44-20-14-19-43(52)47(44)51)37-25-21-32-15-10-11-16-33(32)29-37/h10-31H,1-9H3. The molecule has 2 aliphatic heterocycles. The molecule has 0 radical (unpaired) electrons. The Morgan fingerprint density at radius 3 is 1.64 bits per heavy atom. The van der Waals surface area contributed by atoms with Crippen LogP contribution in [0.3, 0.4) is 0 Å². The maximum absolute atomic E-state index is 2.57. The first-order valence-electron chi connectivity index (χ1n) is 19.2. The fraction of sp³-hybridized carbons (Fsp3) is 0.240. The number of benzene rings is 7. The van der Waals surface area contributed by atoms with Crippen molar-refractivity contribution in [1.82, 2.24) is 0 Å². The molecule has 0 unspecified atom stereocenters. The Kier molecular flexibility index (Phi) is 7.35. The summed E-state index contributed by atoms with van der Waals surface area (Å²) in [5, 5.41) is 5.17. The van der Waals surface area contributed by atoms with Crippen LogP contribution in [0, 0.1) is 0 Å². The molecule has 9 rings (SSSR count). The predicted octanol–water partition coefficient (Wildman–Crippen LogP) is 12.0. The molecule has 2 heterocycles. The van der Waals surface area contributed by atoms with Gasteiger partial charge in [0.15, 0.2) is 0 Å². The summed E-state index contributed by atoms with van der Waals surface area (Å²) >= 11 is 0. The van der Waals surface area contributed by atoms with Crippen molar-refractivity contribution in [2.24, 2.45) is 0 Å². The van der Waals surface area contributed by atoms with Crippen LogP contribution in [0.5, 0.6) is 0 Å². The van der Waals surface area contributed by atoms with Gasteiger partial charge in [0.25, 0.3) is 6.71 Å². The Morgan fingerprint density at radius 1 is 0.396 bits per heavy atom. The van der Waals surface area contributed by atoms with E-state index in [-0.39, 0.29) is 23.0 Å². The van der Waals surface area contributed by atoms with Crippen molar-refractivity contribution in [3.8, 4) is 0 Å². The second kappa shape index (κ2) is 11.6. The molecule has 0 saturated carbocycles. The van der Waals surface area contributed by atoms with Gasteiger partial charge in [-0.05, 0) is 119 Å². The van der Waals surface area contributed by atoms with Gasteiger partial charge in [0.1, 0.15) is 0 Å². The Bertz CT molecular complexity index is 2580. The molecule has 262 valence electrons. The quantitative estimate of drug-likeness (QED) is 0.167. The van der Waals surface area contributed by atoms with Gasteiger partial charge in [-0.25, -0.2) is 0 Å². The van der Waals surface area contributed by atoms with E-state index in [0.29, 0.717) is 0 Å². The molecule has 0 fully saturated rings. The Hall–Kier alpha value is -5.28. The lowest BCUT2D eigenvalue weighted by atomic mass is 9.32. The molecular formula is C50H49BN2. The van der Waals surface area contributed by atoms with Crippen LogP contribution in [-0.2, 0) is 16.2 Å². The van der Waals surface area contributed by atoms with Crippen LogP contribution in [0.2, 0.25) is 0 Å². The van der Waals surface area contributed by atoms with Crippen LogP contribution in [0.1, 0.15) is 79.0 Å². The number of hydrogen-bond acceptors (Lipinski definition) is 2. The Morgan fingerprint density at radius 2 is 0.981 bits per heavy atom. The monoisotopic (exact) mass is 688 g/mol. The summed E-state index contributed by atoms with van der Waals surface area (Å²) in [4.78, 5) is 5.09. The van der Waals surface area contributed by atoms with E-state index in [1.165, 1.54) is 88.7 Å². The van der Waals surface area contributed by atoms with Gasteiger partial charge in [-0.15, -0.1) is 0 Å². The second-order valence-electron chi connectivity index (χ2n) is 18.3. The summed E-state index contributed by atoms with van der Waals surface area (Å²) < 4.78 is 0. The average Bonchev–Trinajstić information content (AvgIpc) is 3.13. The second-order valence-corrected chi connectivity index (χ2v) is 18.3. The zero-order valence-corrected chi connectivity index (χ0v) is 32.7. The van der Waals surface area contributed by atoms with Crippen LogP contribution in [0.15, 0.2) is 133 Å². The summed E-state index contributed by atoms with van der Waals surface area (Å²) in [5.74, 6) is 0. The molecule has 2 aliphatic rings. The van der Waals surface area contributed by atoms with Crippen molar-refractivity contribution in [3.05, 3.63) is 150 Å². The summed E-state index contributed by atoms with van der Waals surface area (Å²) in [5.41, 5.74) is 15.6. The van der Waals surface area contributed by atoms with E-state index in [2.05, 4.69) is 206 Å². The Balaban J connectivity index is 1.42. The molecule has 7 aromatic carbocycles. The zero-order valence-electron chi connectivity index (χ0n) is 32.7. The van der Waals surface area contributed by atoms with Gasteiger partial charge in [0, 0.05) is 34.1 Å². The Labute approximate surface area is 316 Å². The van der Waals surface area contributed by atoms with E-state index in [1.807, 2.05) is 0 Å². The molecule has 0 amide bonds. The van der Waals surface area contributed by atoms with E-state index in [4.69, 9.17) is 0 Å². The summed E-state index contributed by atoms with van der Waals surface area (Å²) in [6, 6.07) is 50.9. The predicted molar refractivity (Wildman–Crippen MR) is 232 cm³/mol. The van der Waals surface area contributed by atoms with Gasteiger partial charge < -0.3 is 9.80 Å². The van der Waals surface area contributed by atoms with E-state index in [9.17, 15) is 0 Å². The first kappa shape index (κ1) is 33.6. The third kappa shape index (κ3) is 5.31. The van der Waals surface area contributed by atoms with Gasteiger partial charge in [0.2, 0.25) is 0 Å². The fourth-order valence-corrected chi connectivity index (χ4v) is 8.87. The molecular weight excluding hydrogens is 639 g/mol. The van der Waals surface area contributed by atoms with Crippen molar-refractivity contribution in [3.63, 3.8) is 0 Å². The maximum atomic E-state index is 2.57. The highest BCUT2D eigenvalue weighted by molar-refractivity contribution is 7.01. The van der Waals surface area contributed by atoms with E-state index >= 15 is 0 Å². The smallest absolute Gasteiger partial charge is 0.252 e. The van der Waals surface area contributed by atoms with Crippen molar-refractivity contribution in [2.75, 3.05) is 9.80 Å². The SMILES string of the molecule is CC(C)(C)c1ccc(N2c3ccc(C(C)(C)C)cc3B3c4c2cccc4N(c2ccc4ccccc4c2)c2cc(C(C)(C)C)c4ccccc4c23)cc1. The maximum Gasteiger partial charge on any atom is 0.252 e. The zero-order chi connectivity index (χ0) is 37.0. The van der Waals surface area contributed by atoms with Gasteiger partial charge in [-0.2, -0.15) is 0 Å². The molecule has 0 aromatic heterocycles. The normalized spacial score (nSPS) is 14.0. The molecule has 3 heteroatoms. The largest absolute Gasteiger partial charge is 0.311 e.